The number of likely N-dealkylation sites (tertiary alicyclic amines) is 1. The van der Waals surface area contributed by atoms with E-state index in [0.717, 1.165) is 0 Å². The Kier molecular flexibility index (Phi) is 3.03. The standard InChI is InChI=1S/C12H17F2N5/c1-11(2,3)10-17-8(16)7(15)9(18-10)19-5-4-12(13,14)6-19/h15-16H,4-6H2,1-3H3. The predicted molar refractivity (Wildman–Crippen MR) is 70.9 cm³/mol. The Hall–Kier alpha value is -1.66. The van der Waals surface area contributed by atoms with Gasteiger partial charge in [0.15, 0.2) is 11.7 Å². The molecule has 104 valence electrons. The summed E-state index contributed by atoms with van der Waals surface area (Å²) in [7, 11) is 0. The highest BCUT2D eigenvalue weighted by Crippen LogP contribution is 2.28. The molecular weight excluding hydrogens is 252 g/mol. The van der Waals surface area contributed by atoms with Crippen molar-refractivity contribution in [1.29, 1.82) is 10.8 Å². The summed E-state index contributed by atoms with van der Waals surface area (Å²) in [6.45, 7) is 5.35. The molecular formula is C12H17F2N5. The van der Waals surface area contributed by atoms with Gasteiger partial charge in [-0.05, 0) is 0 Å². The summed E-state index contributed by atoms with van der Waals surface area (Å²) >= 11 is 0. The minimum atomic E-state index is -2.75. The van der Waals surface area contributed by atoms with Gasteiger partial charge in [0, 0.05) is 18.4 Å². The summed E-state index contributed by atoms with van der Waals surface area (Å²) in [6, 6.07) is 0. The smallest absolute Gasteiger partial charge is 0.266 e. The average molecular weight is 269 g/mol. The van der Waals surface area contributed by atoms with Crippen LogP contribution >= 0.6 is 0 Å². The van der Waals surface area contributed by atoms with E-state index in [1.807, 2.05) is 20.8 Å². The van der Waals surface area contributed by atoms with Crippen LogP contribution in [0, 0.1) is 16.2 Å². The number of halogens is 2. The molecule has 2 rings (SSSR count). The number of alkyl halides is 2. The average Bonchev–Trinajstić information content (AvgIpc) is 2.61. The van der Waals surface area contributed by atoms with Crippen molar-refractivity contribution in [3.8, 4) is 0 Å². The van der Waals surface area contributed by atoms with Crippen molar-refractivity contribution in [3.63, 3.8) is 0 Å². The fourth-order valence-electron chi connectivity index (χ4n) is 1.93. The maximum atomic E-state index is 13.3. The zero-order valence-electron chi connectivity index (χ0n) is 11.2. The van der Waals surface area contributed by atoms with Gasteiger partial charge in [0.1, 0.15) is 11.5 Å². The topological polar surface area (TPSA) is 75.7 Å². The molecule has 0 aromatic rings. The van der Waals surface area contributed by atoms with Crippen molar-refractivity contribution < 1.29 is 8.78 Å². The van der Waals surface area contributed by atoms with Crippen LogP contribution in [0.1, 0.15) is 27.2 Å². The first-order valence-corrected chi connectivity index (χ1v) is 6.09. The number of rotatable bonds is 0. The van der Waals surface area contributed by atoms with E-state index < -0.39 is 12.5 Å². The van der Waals surface area contributed by atoms with Gasteiger partial charge in [-0.2, -0.15) is 0 Å². The Balaban J connectivity index is 2.34. The minimum Gasteiger partial charge on any atom is -0.348 e. The SMILES string of the molecule is CC(C)(C)C1=NC(=N)C(=N)C(N2CCC(F)(F)C2)=N1. The molecule has 0 radical (unpaired) electrons. The number of amidine groups is 3. The van der Waals surface area contributed by atoms with Crippen LogP contribution in [0.15, 0.2) is 9.98 Å². The van der Waals surface area contributed by atoms with Gasteiger partial charge in [0.05, 0.1) is 6.54 Å². The van der Waals surface area contributed by atoms with Gasteiger partial charge in [-0.25, -0.2) is 18.8 Å². The van der Waals surface area contributed by atoms with Crippen molar-refractivity contribution in [3.05, 3.63) is 0 Å². The molecule has 1 fully saturated rings. The van der Waals surface area contributed by atoms with Crippen LogP contribution in [-0.2, 0) is 0 Å². The fraction of sp³-hybridized carbons (Fsp3) is 0.667. The molecule has 2 N–H and O–H groups in total. The molecule has 1 saturated heterocycles. The highest BCUT2D eigenvalue weighted by molar-refractivity contribution is 6.68. The van der Waals surface area contributed by atoms with E-state index in [9.17, 15) is 8.78 Å². The first-order valence-electron chi connectivity index (χ1n) is 6.09. The summed E-state index contributed by atoms with van der Waals surface area (Å²) < 4.78 is 26.5. The monoisotopic (exact) mass is 269 g/mol. The van der Waals surface area contributed by atoms with Gasteiger partial charge in [-0.1, -0.05) is 20.8 Å². The zero-order chi connectivity index (χ0) is 14.4. The van der Waals surface area contributed by atoms with E-state index in [0.29, 0.717) is 5.84 Å². The van der Waals surface area contributed by atoms with Gasteiger partial charge in [0.2, 0.25) is 0 Å². The van der Waals surface area contributed by atoms with Crippen molar-refractivity contribution in [1.82, 2.24) is 4.90 Å². The van der Waals surface area contributed by atoms with Crippen LogP contribution in [0.25, 0.3) is 0 Å². The lowest BCUT2D eigenvalue weighted by Gasteiger charge is -2.27. The normalized spacial score (nSPS) is 23.5. The van der Waals surface area contributed by atoms with Crippen LogP contribution in [0.4, 0.5) is 8.78 Å². The first-order chi connectivity index (χ1) is 8.60. The van der Waals surface area contributed by atoms with Crippen LogP contribution < -0.4 is 0 Å². The molecule has 0 aliphatic carbocycles. The molecule has 0 amide bonds. The Morgan fingerprint density at radius 3 is 2.32 bits per heavy atom. The molecule has 2 aliphatic heterocycles. The van der Waals surface area contributed by atoms with Gasteiger partial charge in [-0.3, -0.25) is 10.8 Å². The first kappa shape index (κ1) is 13.8. The summed E-state index contributed by atoms with van der Waals surface area (Å²) in [6.07, 6.45) is -0.241. The maximum Gasteiger partial charge on any atom is 0.266 e. The molecule has 0 bridgehead atoms. The number of nitrogens with one attached hydrogen (secondary N) is 2. The number of hydrogen-bond donors (Lipinski definition) is 2. The van der Waals surface area contributed by atoms with E-state index in [2.05, 4.69) is 9.98 Å². The number of hydrogen-bond acceptors (Lipinski definition) is 4. The third-order valence-electron chi connectivity index (χ3n) is 3.03. The molecule has 2 heterocycles. The summed E-state index contributed by atoms with van der Waals surface area (Å²) in [5.41, 5.74) is -0.578. The Bertz CT molecular complexity index is 499. The molecule has 0 atom stereocenters. The molecule has 0 unspecified atom stereocenters. The quantitative estimate of drug-likeness (QED) is 0.694. The predicted octanol–water partition coefficient (Wildman–Crippen LogP) is 2.18. The lowest BCUT2D eigenvalue weighted by atomic mass is 9.94. The molecule has 19 heavy (non-hydrogen) atoms. The molecule has 5 nitrogen and oxygen atoms in total. The molecule has 0 aromatic carbocycles. The number of nitrogens with zero attached hydrogens (tertiary/aromatic N) is 3. The lowest BCUT2D eigenvalue weighted by Crippen LogP contribution is -2.43. The maximum absolute atomic E-state index is 13.3. The molecule has 0 saturated carbocycles. The zero-order valence-corrected chi connectivity index (χ0v) is 11.2. The van der Waals surface area contributed by atoms with Gasteiger partial charge >= 0.3 is 0 Å². The van der Waals surface area contributed by atoms with Crippen molar-refractivity contribution >= 4 is 23.2 Å². The third-order valence-corrected chi connectivity index (χ3v) is 3.03. The minimum absolute atomic E-state index is 0.141. The van der Waals surface area contributed by atoms with Gasteiger partial charge < -0.3 is 4.90 Å². The molecule has 0 aromatic heterocycles. The van der Waals surface area contributed by atoms with Crippen LogP contribution in [-0.4, -0.2) is 47.1 Å². The van der Waals surface area contributed by atoms with Crippen molar-refractivity contribution in [2.24, 2.45) is 15.4 Å². The summed E-state index contributed by atoms with van der Waals surface area (Å²) in [5, 5.41) is 15.5. The van der Waals surface area contributed by atoms with Gasteiger partial charge in [-0.15, -0.1) is 0 Å². The van der Waals surface area contributed by atoms with E-state index >= 15 is 0 Å². The number of aliphatic imine (C=N–C) groups is 2. The van der Waals surface area contributed by atoms with E-state index in [1.165, 1.54) is 4.90 Å². The molecule has 7 heteroatoms. The summed E-state index contributed by atoms with van der Waals surface area (Å²) in [5.74, 6) is -2.42. The Labute approximate surface area is 110 Å². The van der Waals surface area contributed by atoms with E-state index in [4.69, 9.17) is 10.8 Å². The van der Waals surface area contributed by atoms with Crippen LogP contribution in [0.3, 0.4) is 0 Å². The Morgan fingerprint density at radius 1 is 1.21 bits per heavy atom. The van der Waals surface area contributed by atoms with E-state index in [1.54, 1.807) is 0 Å². The fourth-order valence-corrected chi connectivity index (χ4v) is 1.93. The second kappa shape index (κ2) is 4.18. The van der Waals surface area contributed by atoms with Crippen molar-refractivity contribution in [2.45, 2.75) is 33.1 Å². The largest absolute Gasteiger partial charge is 0.348 e. The highest BCUT2D eigenvalue weighted by Gasteiger charge is 2.41. The highest BCUT2D eigenvalue weighted by atomic mass is 19.3. The summed E-state index contributed by atoms with van der Waals surface area (Å²) in [4.78, 5) is 9.56. The van der Waals surface area contributed by atoms with Gasteiger partial charge in [0.25, 0.3) is 5.92 Å². The van der Waals surface area contributed by atoms with Crippen LogP contribution in [0.5, 0.6) is 0 Å². The van der Waals surface area contributed by atoms with Crippen LogP contribution in [0.2, 0.25) is 0 Å². The second-order valence-electron chi connectivity index (χ2n) is 5.87. The Morgan fingerprint density at radius 2 is 1.84 bits per heavy atom. The third kappa shape index (κ3) is 2.69. The van der Waals surface area contributed by atoms with Crippen molar-refractivity contribution in [2.75, 3.05) is 13.1 Å². The van der Waals surface area contributed by atoms with E-state index in [-0.39, 0.29) is 35.8 Å². The second-order valence-corrected chi connectivity index (χ2v) is 5.87. The molecule has 0 spiro atoms. The molecule has 2 aliphatic rings. The lowest BCUT2D eigenvalue weighted by molar-refractivity contribution is 0.0177.